The van der Waals surface area contributed by atoms with Crippen LogP contribution in [0.5, 0.6) is 5.75 Å². The van der Waals surface area contributed by atoms with Gasteiger partial charge in [0, 0.05) is 31.2 Å². The first-order valence-corrected chi connectivity index (χ1v) is 9.27. The molecule has 1 aliphatic rings. The van der Waals surface area contributed by atoms with Crippen molar-refractivity contribution in [2.24, 2.45) is 0 Å². The topological polar surface area (TPSA) is 41.6 Å². The molecule has 0 aromatic heterocycles. The fourth-order valence-corrected chi connectivity index (χ4v) is 3.72. The highest BCUT2D eigenvalue weighted by atomic mass is 16.5. The number of nitrogens with zero attached hydrogens (tertiary/aromatic N) is 1. The third-order valence-electron chi connectivity index (χ3n) is 5.11. The number of nitrogens with one attached hydrogen (secondary N) is 1. The first-order chi connectivity index (χ1) is 12.5. The van der Waals surface area contributed by atoms with Crippen molar-refractivity contribution in [3.63, 3.8) is 0 Å². The fraction of sp³-hybridized carbons (Fsp3) is 0.409. The molecule has 1 saturated heterocycles. The number of hydrogen-bond acceptors (Lipinski definition) is 3. The van der Waals surface area contributed by atoms with Crippen molar-refractivity contribution in [3.8, 4) is 5.75 Å². The van der Waals surface area contributed by atoms with Crippen molar-refractivity contribution in [2.45, 2.75) is 46.2 Å². The number of carbonyl (C=O) groups is 1. The predicted molar refractivity (Wildman–Crippen MR) is 106 cm³/mol. The third-order valence-corrected chi connectivity index (χ3v) is 5.11. The van der Waals surface area contributed by atoms with Crippen molar-refractivity contribution < 1.29 is 9.53 Å². The first kappa shape index (κ1) is 18.5. The Hall–Kier alpha value is -2.33. The van der Waals surface area contributed by atoms with E-state index >= 15 is 0 Å². The maximum atomic E-state index is 11.9. The van der Waals surface area contributed by atoms with Crippen LogP contribution in [0, 0.1) is 13.8 Å². The van der Waals surface area contributed by atoms with Crippen molar-refractivity contribution in [2.75, 3.05) is 18.6 Å². The largest absolute Gasteiger partial charge is 0.496 e. The van der Waals surface area contributed by atoms with Crippen LogP contribution in [0.4, 0.5) is 5.69 Å². The third kappa shape index (κ3) is 3.91. The highest BCUT2D eigenvalue weighted by Gasteiger charge is 2.21. The van der Waals surface area contributed by atoms with Gasteiger partial charge in [-0.15, -0.1) is 0 Å². The normalized spacial score (nSPS) is 15.4. The molecule has 1 amide bonds. The second-order valence-corrected chi connectivity index (χ2v) is 7.11. The second kappa shape index (κ2) is 7.92. The van der Waals surface area contributed by atoms with Crippen LogP contribution < -0.4 is 15.0 Å². The number of hydrogen-bond donors (Lipinski definition) is 1. The number of aryl methyl sites for hydroxylation is 2. The maximum absolute atomic E-state index is 11.9. The summed E-state index contributed by atoms with van der Waals surface area (Å²) in [7, 11) is 1.72. The minimum Gasteiger partial charge on any atom is -0.496 e. The lowest BCUT2D eigenvalue weighted by atomic mass is 10.0. The number of carbonyl (C=O) groups excluding carboxylic acids is 1. The molecule has 4 heteroatoms. The lowest BCUT2D eigenvalue weighted by Crippen LogP contribution is -2.23. The van der Waals surface area contributed by atoms with E-state index in [1.54, 1.807) is 7.11 Å². The van der Waals surface area contributed by atoms with Gasteiger partial charge in [0.05, 0.1) is 7.11 Å². The van der Waals surface area contributed by atoms with Gasteiger partial charge in [-0.25, -0.2) is 0 Å². The second-order valence-electron chi connectivity index (χ2n) is 7.11. The Labute approximate surface area is 156 Å². The Balaban J connectivity index is 1.63. The molecule has 1 heterocycles. The van der Waals surface area contributed by atoms with Crippen LogP contribution >= 0.6 is 0 Å². The van der Waals surface area contributed by atoms with Crippen LogP contribution in [0.3, 0.4) is 0 Å². The molecule has 0 radical (unpaired) electrons. The summed E-state index contributed by atoms with van der Waals surface area (Å²) in [5.74, 6) is 1.20. The van der Waals surface area contributed by atoms with Crippen molar-refractivity contribution in [1.29, 1.82) is 0 Å². The number of amides is 1. The van der Waals surface area contributed by atoms with Crippen LogP contribution in [-0.4, -0.2) is 19.6 Å². The molecule has 138 valence electrons. The smallest absolute Gasteiger partial charge is 0.227 e. The molecule has 4 nitrogen and oxygen atoms in total. The van der Waals surface area contributed by atoms with Gasteiger partial charge in [-0.1, -0.05) is 24.3 Å². The van der Waals surface area contributed by atoms with Gasteiger partial charge >= 0.3 is 0 Å². The van der Waals surface area contributed by atoms with E-state index in [1.807, 2.05) is 4.90 Å². The molecule has 26 heavy (non-hydrogen) atoms. The van der Waals surface area contributed by atoms with E-state index in [9.17, 15) is 4.79 Å². The number of benzene rings is 2. The molecular weight excluding hydrogens is 324 g/mol. The molecule has 0 aliphatic carbocycles. The van der Waals surface area contributed by atoms with E-state index in [2.05, 4.69) is 62.5 Å². The molecule has 2 aromatic carbocycles. The van der Waals surface area contributed by atoms with Gasteiger partial charge in [0.2, 0.25) is 5.91 Å². The van der Waals surface area contributed by atoms with Gasteiger partial charge in [0.1, 0.15) is 5.75 Å². The summed E-state index contributed by atoms with van der Waals surface area (Å²) in [5, 5.41) is 3.58. The summed E-state index contributed by atoms with van der Waals surface area (Å²) >= 11 is 0. The first-order valence-electron chi connectivity index (χ1n) is 9.27. The van der Waals surface area contributed by atoms with Gasteiger partial charge in [-0.05, 0) is 61.6 Å². The standard InChI is InChI=1S/C22H28N2O2/c1-15-12-18(13-16(2)22(15)26-4)14-23-17(3)19-7-9-20(10-8-19)24-11-5-6-21(24)25/h7-10,12-13,17,23H,5-6,11,14H2,1-4H3. The SMILES string of the molecule is COc1c(C)cc(CNC(C)c2ccc(N3CCCC3=O)cc2)cc1C. The minimum atomic E-state index is 0.231. The predicted octanol–water partition coefficient (Wildman–Crippen LogP) is 4.29. The monoisotopic (exact) mass is 352 g/mol. The highest BCUT2D eigenvalue weighted by molar-refractivity contribution is 5.95. The van der Waals surface area contributed by atoms with Gasteiger partial charge in [0.25, 0.3) is 0 Å². The summed E-state index contributed by atoms with van der Waals surface area (Å²) in [6, 6.07) is 12.9. The van der Waals surface area contributed by atoms with E-state index in [-0.39, 0.29) is 11.9 Å². The van der Waals surface area contributed by atoms with E-state index in [4.69, 9.17) is 4.74 Å². The average Bonchev–Trinajstić information content (AvgIpc) is 3.05. The summed E-state index contributed by atoms with van der Waals surface area (Å²) in [6.07, 6.45) is 1.62. The van der Waals surface area contributed by atoms with Crippen LogP contribution in [0.15, 0.2) is 36.4 Å². The van der Waals surface area contributed by atoms with Crippen LogP contribution in [-0.2, 0) is 11.3 Å². The summed E-state index contributed by atoms with van der Waals surface area (Å²) in [4.78, 5) is 13.7. The Kier molecular flexibility index (Phi) is 5.62. The van der Waals surface area contributed by atoms with Crippen molar-refractivity contribution in [3.05, 3.63) is 58.7 Å². The zero-order valence-electron chi connectivity index (χ0n) is 16.1. The summed E-state index contributed by atoms with van der Waals surface area (Å²) < 4.78 is 5.44. The number of rotatable bonds is 6. The minimum absolute atomic E-state index is 0.231. The molecule has 2 aromatic rings. The molecule has 3 rings (SSSR count). The summed E-state index contributed by atoms with van der Waals surface area (Å²) in [6.45, 7) is 7.97. The Morgan fingerprint density at radius 2 is 1.81 bits per heavy atom. The lowest BCUT2D eigenvalue weighted by molar-refractivity contribution is -0.117. The van der Waals surface area contributed by atoms with Gasteiger partial charge in [-0.2, -0.15) is 0 Å². The zero-order valence-corrected chi connectivity index (χ0v) is 16.1. The van der Waals surface area contributed by atoms with Crippen molar-refractivity contribution >= 4 is 11.6 Å². The van der Waals surface area contributed by atoms with Crippen LogP contribution in [0.2, 0.25) is 0 Å². The van der Waals surface area contributed by atoms with Crippen LogP contribution in [0.25, 0.3) is 0 Å². The van der Waals surface area contributed by atoms with E-state index in [0.717, 1.165) is 42.1 Å². The maximum Gasteiger partial charge on any atom is 0.227 e. The van der Waals surface area contributed by atoms with Gasteiger partial charge < -0.3 is 15.0 Å². The number of methoxy groups -OCH3 is 1. The Morgan fingerprint density at radius 3 is 2.35 bits per heavy atom. The molecular formula is C22H28N2O2. The Morgan fingerprint density at radius 1 is 1.15 bits per heavy atom. The lowest BCUT2D eigenvalue weighted by Gasteiger charge is -2.19. The van der Waals surface area contributed by atoms with Gasteiger partial charge in [-0.3, -0.25) is 4.79 Å². The Bertz CT molecular complexity index is 760. The number of anilines is 1. The molecule has 1 N–H and O–H groups in total. The average molecular weight is 352 g/mol. The fourth-order valence-electron chi connectivity index (χ4n) is 3.72. The van der Waals surface area contributed by atoms with E-state index < -0.39 is 0 Å². The van der Waals surface area contributed by atoms with Crippen molar-refractivity contribution in [1.82, 2.24) is 5.32 Å². The molecule has 1 unspecified atom stereocenters. The molecule has 1 atom stereocenters. The van der Waals surface area contributed by atoms with Crippen LogP contribution in [0.1, 0.15) is 48.1 Å². The molecule has 0 saturated carbocycles. The van der Waals surface area contributed by atoms with E-state index in [1.165, 1.54) is 11.1 Å². The molecule has 1 aliphatic heterocycles. The number of ether oxygens (including phenoxy) is 1. The molecule has 0 spiro atoms. The zero-order chi connectivity index (χ0) is 18.7. The molecule has 0 bridgehead atoms. The van der Waals surface area contributed by atoms with E-state index in [0.29, 0.717) is 6.42 Å². The van der Waals surface area contributed by atoms with Gasteiger partial charge in [0.15, 0.2) is 0 Å². The quantitative estimate of drug-likeness (QED) is 0.843. The molecule has 1 fully saturated rings. The summed E-state index contributed by atoms with van der Waals surface area (Å²) in [5.41, 5.74) is 5.81. The highest BCUT2D eigenvalue weighted by Crippen LogP contribution is 2.26.